The summed E-state index contributed by atoms with van der Waals surface area (Å²) in [6, 6.07) is 6.39. The van der Waals surface area contributed by atoms with Gasteiger partial charge in [-0.3, -0.25) is 0 Å². The fraction of sp³-hybridized carbons (Fsp3) is 0.462. The first kappa shape index (κ1) is 10.2. The molecule has 0 spiro atoms. The van der Waals surface area contributed by atoms with Gasteiger partial charge in [0.2, 0.25) is 5.90 Å². The van der Waals surface area contributed by atoms with Crippen molar-refractivity contribution in [2.45, 2.75) is 33.2 Å². The molecule has 80 valence electrons. The highest BCUT2D eigenvalue weighted by Crippen LogP contribution is 2.21. The van der Waals surface area contributed by atoms with Crippen LogP contribution in [0.25, 0.3) is 0 Å². The fourth-order valence-corrected chi connectivity index (χ4v) is 1.83. The van der Waals surface area contributed by atoms with Crippen molar-refractivity contribution in [3.8, 4) is 0 Å². The fourth-order valence-electron chi connectivity index (χ4n) is 1.83. The molecule has 0 unspecified atom stereocenters. The molecule has 0 bridgehead atoms. The standard InChI is InChI=1S/C13H17NO/c1-9-5-10(2)7-11(6-9)12-14-13(3,4)8-15-12/h5-7H,8H2,1-4H3. The van der Waals surface area contributed by atoms with Gasteiger partial charge in [0, 0.05) is 5.56 Å². The van der Waals surface area contributed by atoms with Crippen LogP contribution in [-0.2, 0) is 4.74 Å². The second-order valence-electron chi connectivity index (χ2n) is 4.89. The molecule has 2 heteroatoms. The van der Waals surface area contributed by atoms with E-state index in [-0.39, 0.29) is 5.54 Å². The van der Waals surface area contributed by atoms with Crippen LogP contribution in [0.3, 0.4) is 0 Å². The minimum Gasteiger partial charge on any atom is -0.475 e. The largest absolute Gasteiger partial charge is 0.475 e. The molecule has 1 aliphatic heterocycles. The molecule has 0 atom stereocenters. The molecule has 1 aromatic carbocycles. The molecule has 15 heavy (non-hydrogen) atoms. The quantitative estimate of drug-likeness (QED) is 0.687. The monoisotopic (exact) mass is 203 g/mol. The highest BCUT2D eigenvalue weighted by atomic mass is 16.5. The van der Waals surface area contributed by atoms with Crippen molar-refractivity contribution in [3.63, 3.8) is 0 Å². The van der Waals surface area contributed by atoms with Crippen LogP contribution in [-0.4, -0.2) is 18.0 Å². The van der Waals surface area contributed by atoms with Crippen molar-refractivity contribution in [2.75, 3.05) is 6.61 Å². The Bertz CT molecular complexity index is 398. The minimum absolute atomic E-state index is 0.0764. The maximum absolute atomic E-state index is 5.61. The van der Waals surface area contributed by atoms with E-state index in [9.17, 15) is 0 Å². The van der Waals surface area contributed by atoms with Gasteiger partial charge < -0.3 is 4.74 Å². The van der Waals surface area contributed by atoms with Gasteiger partial charge in [0.1, 0.15) is 6.61 Å². The Morgan fingerprint density at radius 2 is 1.73 bits per heavy atom. The summed E-state index contributed by atoms with van der Waals surface area (Å²) < 4.78 is 5.61. The zero-order valence-corrected chi connectivity index (χ0v) is 9.79. The molecule has 1 heterocycles. The van der Waals surface area contributed by atoms with Crippen LogP contribution in [0.2, 0.25) is 0 Å². The average Bonchev–Trinajstić information content (AvgIpc) is 2.44. The summed E-state index contributed by atoms with van der Waals surface area (Å²) in [7, 11) is 0. The predicted molar refractivity (Wildman–Crippen MR) is 62.5 cm³/mol. The van der Waals surface area contributed by atoms with Gasteiger partial charge in [-0.2, -0.15) is 0 Å². The molecule has 0 saturated heterocycles. The molecule has 0 aliphatic carbocycles. The summed E-state index contributed by atoms with van der Waals surface area (Å²) >= 11 is 0. The molecule has 0 fully saturated rings. The second kappa shape index (κ2) is 3.37. The maximum atomic E-state index is 5.61. The van der Waals surface area contributed by atoms with Crippen LogP contribution in [0.4, 0.5) is 0 Å². The van der Waals surface area contributed by atoms with E-state index in [0.717, 1.165) is 11.5 Å². The summed E-state index contributed by atoms with van der Waals surface area (Å²) in [5.74, 6) is 0.784. The van der Waals surface area contributed by atoms with E-state index in [1.807, 2.05) is 0 Å². The van der Waals surface area contributed by atoms with Gasteiger partial charge in [0.15, 0.2) is 0 Å². The Labute approximate surface area is 91.0 Å². The van der Waals surface area contributed by atoms with Crippen LogP contribution in [0.5, 0.6) is 0 Å². The van der Waals surface area contributed by atoms with Gasteiger partial charge in [0.25, 0.3) is 0 Å². The molecule has 0 saturated carbocycles. The van der Waals surface area contributed by atoms with E-state index in [2.05, 4.69) is 50.9 Å². The first-order chi connectivity index (χ1) is 6.96. The van der Waals surface area contributed by atoms with E-state index in [0.29, 0.717) is 6.61 Å². The van der Waals surface area contributed by atoms with E-state index in [1.165, 1.54) is 11.1 Å². The Balaban J connectivity index is 2.39. The van der Waals surface area contributed by atoms with Gasteiger partial charge in [-0.1, -0.05) is 17.2 Å². The molecule has 0 aromatic heterocycles. The zero-order valence-electron chi connectivity index (χ0n) is 9.79. The third-order valence-corrected chi connectivity index (χ3v) is 2.43. The summed E-state index contributed by atoms with van der Waals surface area (Å²) in [6.07, 6.45) is 0. The molecule has 0 amide bonds. The summed E-state index contributed by atoms with van der Waals surface area (Å²) in [5, 5.41) is 0. The van der Waals surface area contributed by atoms with E-state index in [1.54, 1.807) is 0 Å². The first-order valence-electron chi connectivity index (χ1n) is 5.28. The van der Waals surface area contributed by atoms with Crippen molar-refractivity contribution in [1.29, 1.82) is 0 Å². The minimum atomic E-state index is -0.0764. The molecule has 0 radical (unpaired) electrons. The summed E-state index contributed by atoms with van der Waals surface area (Å²) in [5.41, 5.74) is 3.52. The normalized spacial score (nSPS) is 18.5. The molecule has 1 aliphatic rings. The van der Waals surface area contributed by atoms with Gasteiger partial charge >= 0.3 is 0 Å². The molecular formula is C13H17NO. The second-order valence-corrected chi connectivity index (χ2v) is 4.89. The Morgan fingerprint density at radius 3 is 2.20 bits per heavy atom. The van der Waals surface area contributed by atoms with Crippen molar-refractivity contribution >= 4 is 5.90 Å². The third-order valence-electron chi connectivity index (χ3n) is 2.43. The lowest BCUT2D eigenvalue weighted by Gasteiger charge is -2.07. The number of hydrogen-bond donors (Lipinski definition) is 0. The highest BCUT2D eigenvalue weighted by molar-refractivity contribution is 5.95. The number of ether oxygens (including phenoxy) is 1. The van der Waals surface area contributed by atoms with E-state index in [4.69, 9.17) is 4.74 Å². The lowest BCUT2D eigenvalue weighted by molar-refractivity contribution is 0.279. The number of nitrogens with zero attached hydrogens (tertiary/aromatic N) is 1. The molecule has 0 N–H and O–H groups in total. The van der Waals surface area contributed by atoms with Crippen LogP contribution in [0.1, 0.15) is 30.5 Å². The molecular weight excluding hydrogens is 186 g/mol. The third kappa shape index (κ3) is 2.20. The highest BCUT2D eigenvalue weighted by Gasteiger charge is 2.26. The van der Waals surface area contributed by atoms with Crippen molar-refractivity contribution in [2.24, 2.45) is 4.99 Å². The number of hydrogen-bond acceptors (Lipinski definition) is 2. The number of benzene rings is 1. The van der Waals surface area contributed by atoms with Gasteiger partial charge in [0.05, 0.1) is 5.54 Å². The topological polar surface area (TPSA) is 21.6 Å². The number of rotatable bonds is 1. The van der Waals surface area contributed by atoms with Gasteiger partial charge in [-0.15, -0.1) is 0 Å². The molecule has 2 rings (SSSR count). The van der Waals surface area contributed by atoms with E-state index < -0.39 is 0 Å². The smallest absolute Gasteiger partial charge is 0.216 e. The maximum Gasteiger partial charge on any atom is 0.216 e. The Kier molecular flexibility index (Phi) is 2.29. The van der Waals surface area contributed by atoms with Crippen molar-refractivity contribution in [3.05, 3.63) is 34.9 Å². The first-order valence-corrected chi connectivity index (χ1v) is 5.28. The number of aliphatic imine (C=N–C) groups is 1. The van der Waals surface area contributed by atoms with Crippen LogP contribution >= 0.6 is 0 Å². The summed E-state index contributed by atoms with van der Waals surface area (Å²) in [4.78, 5) is 4.57. The van der Waals surface area contributed by atoms with Gasteiger partial charge in [-0.25, -0.2) is 4.99 Å². The predicted octanol–water partition coefficient (Wildman–Crippen LogP) is 2.86. The van der Waals surface area contributed by atoms with Crippen molar-refractivity contribution < 1.29 is 4.74 Å². The molecule has 1 aromatic rings. The average molecular weight is 203 g/mol. The van der Waals surface area contributed by atoms with E-state index >= 15 is 0 Å². The lowest BCUT2D eigenvalue weighted by Crippen LogP contribution is -2.17. The SMILES string of the molecule is Cc1cc(C)cc(C2=NC(C)(C)CO2)c1. The lowest BCUT2D eigenvalue weighted by atomic mass is 10.1. The summed E-state index contributed by atoms with van der Waals surface area (Å²) in [6.45, 7) is 9.04. The zero-order chi connectivity index (χ0) is 11.1. The van der Waals surface area contributed by atoms with Gasteiger partial charge in [-0.05, 0) is 39.8 Å². The molecule has 2 nitrogen and oxygen atoms in total. The number of aryl methyl sites for hydroxylation is 2. The van der Waals surface area contributed by atoms with Crippen LogP contribution in [0.15, 0.2) is 23.2 Å². The van der Waals surface area contributed by atoms with Crippen molar-refractivity contribution in [1.82, 2.24) is 0 Å². The van der Waals surface area contributed by atoms with Crippen LogP contribution in [0, 0.1) is 13.8 Å². The Morgan fingerprint density at radius 1 is 1.13 bits per heavy atom. The van der Waals surface area contributed by atoms with Crippen LogP contribution < -0.4 is 0 Å². The Hall–Kier alpha value is -1.31.